The van der Waals surface area contributed by atoms with Crippen molar-refractivity contribution in [2.75, 3.05) is 32.2 Å². The molecule has 3 heterocycles. The van der Waals surface area contributed by atoms with Crippen molar-refractivity contribution in [3.8, 4) is 0 Å². The molecule has 2 aromatic rings. The van der Waals surface area contributed by atoms with E-state index in [1.165, 1.54) is 12.7 Å². The quantitative estimate of drug-likeness (QED) is 0.514. The summed E-state index contributed by atoms with van der Waals surface area (Å²) in [6, 6.07) is 0. The number of carbonyl (C=O) groups is 1. The molecular formula is C17H25N5O6. The molecule has 0 bridgehead atoms. The maximum absolute atomic E-state index is 12.0. The van der Waals surface area contributed by atoms with Crippen molar-refractivity contribution < 1.29 is 29.2 Å². The summed E-state index contributed by atoms with van der Waals surface area (Å²) in [5, 5.41) is 22.7. The van der Waals surface area contributed by atoms with Gasteiger partial charge >= 0.3 is 0 Å². The summed E-state index contributed by atoms with van der Waals surface area (Å²) in [6.07, 6.45) is -0.575. The first kappa shape index (κ1) is 20.6. The first-order chi connectivity index (χ1) is 13.5. The molecule has 0 saturated carbocycles. The van der Waals surface area contributed by atoms with Gasteiger partial charge in [0.05, 0.1) is 26.1 Å². The molecule has 1 saturated heterocycles. The van der Waals surface area contributed by atoms with Gasteiger partial charge in [-0.3, -0.25) is 9.36 Å². The van der Waals surface area contributed by atoms with Crippen LogP contribution in [-0.2, 0) is 19.0 Å². The highest BCUT2D eigenvalue weighted by Gasteiger charge is 2.45. The van der Waals surface area contributed by atoms with Crippen LogP contribution < -0.4 is 5.32 Å². The Morgan fingerprint density at radius 2 is 2.14 bits per heavy atom. The molecule has 0 aliphatic carbocycles. The number of amides is 1. The number of fused-ring (bicyclic) bond motifs is 1. The predicted molar refractivity (Wildman–Crippen MR) is 97.4 cm³/mol. The molecule has 0 spiro atoms. The van der Waals surface area contributed by atoms with E-state index in [-0.39, 0.29) is 30.9 Å². The van der Waals surface area contributed by atoms with Crippen LogP contribution >= 0.6 is 0 Å². The van der Waals surface area contributed by atoms with Crippen LogP contribution in [0, 0.1) is 5.92 Å². The summed E-state index contributed by atoms with van der Waals surface area (Å²) in [4.78, 5) is 24.7. The van der Waals surface area contributed by atoms with Crippen LogP contribution in [0.2, 0.25) is 0 Å². The fourth-order valence-corrected chi connectivity index (χ4v) is 2.93. The number of ether oxygens (including phenoxy) is 3. The zero-order chi connectivity index (χ0) is 20.3. The van der Waals surface area contributed by atoms with Crippen molar-refractivity contribution in [2.45, 2.75) is 38.4 Å². The predicted octanol–water partition coefficient (Wildman–Crippen LogP) is -0.297. The Morgan fingerprint density at radius 1 is 1.36 bits per heavy atom. The van der Waals surface area contributed by atoms with E-state index in [2.05, 4.69) is 20.3 Å². The van der Waals surface area contributed by atoms with Crippen molar-refractivity contribution in [1.29, 1.82) is 0 Å². The van der Waals surface area contributed by atoms with E-state index in [0.717, 1.165) is 0 Å². The summed E-state index contributed by atoms with van der Waals surface area (Å²) in [7, 11) is 1.55. The zero-order valence-corrected chi connectivity index (χ0v) is 16.0. The van der Waals surface area contributed by atoms with E-state index in [1.54, 1.807) is 25.5 Å². The maximum Gasteiger partial charge on any atom is 0.228 e. The lowest BCUT2D eigenvalue weighted by molar-refractivity contribution is -0.118. The Bertz CT molecular complexity index is 812. The fraction of sp³-hybridized carbons (Fsp3) is 0.647. The topological polar surface area (TPSA) is 141 Å². The lowest BCUT2D eigenvalue weighted by Gasteiger charge is -2.22. The second-order valence-electron chi connectivity index (χ2n) is 6.76. The van der Waals surface area contributed by atoms with Crippen LogP contribution in [0.5, 0.6) is 0 Å². The molecule has 3 N–H and O–H groups in total. The number of hydrogen-bond acceptors (Lipinski definition) is 9. The smallest absolute Gasteiger partial charge is 0.228 e. The van der Waals surface area contributed by atoms with E-state index in [4.69, 9.17) is 14.2 Å². The molecule has 28 heavy (non-hydrogen) atoms. The summed E-state index contributed by atoms with van der Waals surface area (Å²) in [5.41, 5.74) is 0.794. The normalized spacial score (nSPS) is 24.9. The molecule has 3 rings (SSSR count). The minimum absolute atomic E-state index is 0.191. The molecule has 1 amide bonds. The summed E-state index contributed by atoms with van der Waals surface area (Å²) in [6.45, 7) is 3.78. The molecule has 1 fully saturated rings. The Kier molecular flexibility index (Phi) is 6.52. The van der Waals surface area contributed by atoms with Crippen molar-refractivity contribution >= 4 is 22.9 Å². The summed E-state index contributed by atoms with van der Waals surface area (Å²) in [5.74, 6) is -0.121. The van der Waals surface area contributed by atoms with Crippen molar-refractivity contribution in [1.82, 2.24) is 19.5 Å². The lowest BCUT2D eigenvalue weighted by Crippen LogP contribution is -2.36. The van der Waals surface area contributed by atoms with Crippen LogP contribution in [0.3, 0.4) is 0 Å². The van der Waals surface area contributed by atoms with Crippen LogP contribution in [0.25, 0.3) is 11.2 Å². The molecular weight excluding hydrogens is 370 g/mol. The van der Waals surface area contributed by atoms with Crippen molar-refractivity contribution in [3.63, 3.8) is 0 Å². The molecule has 0 aromatic carbocycles. The largest absolute Gasteiger partial charge is 0.394 e. The SMILES string of the molecule is COCCOC1[C@@H](O)[C@@H](CO)O[C@H]1n1cnc2c(NC(=O)C(C)C)ncnc21. The second kappa shape index (κ2) is 8.88. The standard InChI is InChI=1S/C17H25N5O6/c1-9(2)16(25)21-14-11-15(19-7-18-14)22(8-20-11)17-13(27-5-4-26-3)12(24)10(6-23)28-17/h7-10,12-13,17,23-24H,4-6H2,1-3H3,(H,18,19,21,25)/t10-,12+,13?,17-/m1/s1. The molecule has 154 valence electrons. The number of nitrogens with zero attached hydrogens (tertiary/aromatic N) is 4. The number of aliphatic hydroxyl groups is 2. The number of hydrogen-bond donors (Lipinski definition) is 3. The van der Waals surface area contributed by atoms with Crippen molar-refractivity contribution in [2.24, 2.45) is 5.92 Å². The van der Waals surface area contributed by atoms with E-state index >= 15 is 0 Å². The van der Waals surface area contributed by atoms with Crippen LogP contribution in [0.1, 0.15) is 20.1 Å². The third kappa shape index (κ3) is 3.98. The number of aliphatic hydroxyl groups excluding tert-OH is 2. The monoisotopic (exact) mass is 395 g/mol. The number of anilines is 1. The van der Waals surface area contributed by atoms with E-state index in [9.17, 15) is 15.0 Å². The van der Waals surface area contributed by atoms with Gasteiger partial charge in [0.1, 0.15) is 24.6 Å². The number of imidazole rings is 1. The van der Waals surface area contributed by atoms with E-state index in [1.807, 2.05) is 0 Å². The van der Waals surface area contributed by atoms with Gasteiger partial charge in [-0.25, -0.2) is 15.0 Å². The van der Waals surface area contributed by atoms with Crippen LogP contribution in [0.4, 0.5) is 5.82 Å². The molecule has 11 nitrogen and oxygen atoms in total. The molecule has 1 unspecified atom stereocenters. The molecule has 1 aliphatic heterocycles. The zero-order valence-electron chi connectivity index (χ0n) is 16.0. The third-order valence-corrected chi connectivity index (χ3v) is 4.49. The summed E-state index contributed by atoms with van der Waals surface area (Å²) >= 11 is 0. The fourth-order valence-electron chi connectivity index (χ4n) is 2.93. The molecule has 1 aliphatic rings. The van der Waals surface area contributed by atoms with Gasteiger partial charge in [0.25, 0.3) is 0 Å². The van der Waals surface area contributed by atoms with Gasteiger partial charge in [-0.2, -0.15) is 0 Å². The van der Waals surface area contributed by atoms with Crippen molar-refractivity contribution in [3.05, 3.63) is 12.7 Å². The van der Waals surface area contributed by atoms with E-state index < -0.39 is 24.5 Å². The highest BCUT2D eigenvalue weighted by molar-refractivity contribution is 5.97. The second-order valence-corrected chi connectivity index (χ2v) is 6.76. The Morgan fingerprint density at radius 3 is 2.82 bits per heavy atom. The minimum Gasteiger partial charge on any atom is -0.394 e. The van der Waals surface area contributed by atoms with Gasteiger partial charge in [0.2, 0.25) is 5.91 Å². The Labute approximate surface area is 161 Å². The van der Waals surface area contributed by atoms with E-state index in [0.29, 0.717) is 17.8 Å². The molecule has 11 heteroatoms. The first-order valence-corrected chi connectivity index (χ1v) is 9.01. The number of carbonyl (C=O) groups excluding carboxylic acids is 1. The first-order valence-electron chi connectivity index (χ1n) is 9.01. The van der Waals surface area contributed by atoms with Crippen LogP contribution in [0.15, 0.2) is 12.7 Å². The highest BCUT2D eigenvalue weighted by Crippen LogP contribution is 2.34. The Balaban J connectivity index is 1.92. The van der Waals surface area contributed by atoms with Gasteiger partial charge in [0, 0.05) is 13.0 Å². The number of aromatic nitrogens is 4. The van der Waals surface area contributed by atoms with Gasteiger partial charge in [-0.05, 0) is 0 Å². The molecule has 0 radical (unpaired) electrons. The minimum atomic E-state index is -1.04. The number of nitrogens with one attached hydrogen (secondary N) is 1. The Hall–Kier alpha value is -2.18. The lowest BCUT2D eigenvalue weighted by atomic mass is 10.1. The third-order valence-electron chi connectivity index (χ3n) is 4.49. The highest BCUT2D eigenvalue weighted by atomic mass is 16.6. The molecule has 2 aromatic heterocycles. The average Bonchev–Trinajstić information content (AvgIpc) is 3.24. The molecule has 4 atom stereocenters. The van der Waals surface area contributed by atoms with Crippen LogP contribution in [-0.4, -0.2) is 80.9 Å². The maximum atomic E-state index is 12.0. The number of methoxy groups -OCH3 is 1. The summed E-state index contributed by atoms with van der Waals surface area (Å²) < 4.78 is 18.1. The van der Waals surface area contributed by atoms with Gasteiger partial charge in [-0.15, -0.1) is 0 Å². The number of rotatable bonds is 8. The average molecular weight is 395 g/mol. The van der Waals surface area contributed by atoms with Gasteiger partial charge in [-0.1, -0.05) is 13.8 Å². The van der Waals surface area contributed by atoms with Gasteiger partial charge in [0.15, 0.2) is 23.2 Å². The van der Waals surface area contributed by atoms with Gasteiger partial charge < -0.3 is 29.7 Å².